The third kappa shape index (κ3) is 2.79. The van der Waals surface area contributed by atoms with E-state index in [9.17, 15) is 8.78 Å². The van der Waals surface area contributed by atoms with Crippen LogP contribution in [0.5, 0.6) is 5.75 Å². The number of hydrogen-bond donors (Lipinski definition) is 1. The second-order valence-corrected chi connectivity index (χ2v) is 3.54. The normalized spacial score (nSPS) is 18.8. The van der Waals surface area contributed by atoms with Crippen LogP contribution in [0.3, 0.4) is 0 Å². The fraction of sp³-hybridized carbons (Fsp3) is 0.0769. The summed E-state index contributed by atoms with van der Waals surface area (Å²) in [5, 5.41) is 0. The SMILES string of the molecule is NC1C=CC=C(Oc2cccc(F)c2F)C=C1. The number of nitrogens with two attached hydrogens (primary N) is 1. The first kappa shape index (κ1) is 11.5. The molecule has 1 aromatic carbocycles. The molecule has 0 aliphatic heterocycles. The van der Waals surface area contributed by atoms with Crippen LogP contribution in [0.2, 0.25) is 0 Å². The van der Waals surface area contributed by atoms with Crippen molar-refractivity contribution in [3.63, 3.8) is 0 Å². The van der Waals surface area contributed by atoms with Crippen LogP contribution < -0.4 is 10.5 Å². The minimum absolute atomic E-state index is 0.148. The van der Waals surface area contributed by atoms with E-state index in [-0.39, 0.29) is 11.8 Å². The number of rotatable bonds is 2. The molecular formula is C13H11F2NO. The van der Waals surface area contributed by atoms with Crippen LogP contribution in [-0.2, 0) is 0 Å². The smallest absolute Gasteiger partial charge is 0.201 e. The Bertz CT molecular complexity index is 506. The van der Waals surface area contributed by atoms with Crippen molar-refractivity contribution in [2.45, 2.75) is 6.04 Å². The molecule has 4 heteroatoms. The van der Waals surface area contributed by atoms with Gasteiger partial charge in [-0.1, -0.05) is 24.3 Å². The largest absolute Gasteiger partial charge is 0.454 e. The van der Waals surface area contributed by atoms with Gasteiger partial charge in [-0.15, -0.1) is 0 Å². The lowest BCUT2D eigenvalue weighted by Gasteiger charge is -2.07. The summed E-state index contributed by atoms with van der Waals surface area (Å²) in [6, 6.07) is 3.58. The monoisotopic (exact) mass is 235 g/mol. The molecule has 2 rings (SSSR count). The number of hydrogen-bond acceptors (Lipinski definition) is 2. The van der Waals surface area contributed by atoms with E-state index in [2.05, 4.69) is 0 Å². The van der Waals surface area contributed by atoms with E-state index in [0.717, 1.165) is 6.07 Å². The highest BCUT2D eigenvalue weighted by Gasteiger charge is 2.10. The fourth-order valence-corrected chi connectivity index (χ4v) is 1.36. The molecule has 0 aromatic heterocycles. The summed E-state index contributed by atoms with van der Waals surface area (Å²) in [7, 11) is 0. The van der Waals surface area contributed by atoms with Crippen molar-refractivity contribution >= 4 is 0 Å². The van der Waals surface area contributed by atoms with Crippen molar-refractivity contribution in [1.29, 1.82) is 0 Å². The summed E-state index contributed by atoms with van der Waals surface area (Å²) in [6.45, 7) is 0. The molecule has 1 atom stereocenters. The van der Waals surface area contributed by atoms with Gasteiger partial charge in [-0.05, 0) is 24.3 Å². The first-order valence-electron chi connectivity index (χ1n) is 5.11. The molecule has 0 saturated heterocycles. The minimum Gasteiger partial charge on any atom is -0.454 e. The van der Waals surface area contributed by atoms with Gasteiger partial charge in [0.2, 0.25) is 5.82 Å². The maximum Gasteiger partial charge on any atom is 0.201 e. The summed E-state index contributed by atoms with van der Waals surface area (Å²) in [4.78, 5) is 0. The zero-order valence-electron chi connectivity index (χ0n) is 8.94. The molecule has 0 saturated carbocycles. The second kappa shape index (κ2) is 4.93. The van der Waals surface area contributed by atoms with Gasteiger partial charge in [0.15, 0.2) is 11.6 Å². The number of ether oxygens (including phenoxy) is 1. The lowest BCUT2D eigenvalue weighted by Crippen LogP contribution is -2.12. The lowest BCUT2D eigenvalue weighted by atomic mass is 10.3. The first-order chi connectivity index (χ1) is 8.16. The van der Waals surface area contributed by atoms with Crippen molar-refractivity contribution in [3.8, 4) is 5.75 Å². The Morgan fingerprint density at radius 2 is 2.00 bits per heavy atom. The minimum atomic E-state index is -1.00. The van der Waals surface area contributed by atoms with Gasteiger partial charge < -0.3 is 10.5 Å². The molecule has 88 valence electrons. The van der Waals surface area contributed by atoms with Crippen LogP contribution in [0.25, 0.3) is 0 Å². The Morgan fingerprint density at radius 1 is 1.18 bits per heavy atom. The van der Waals surface area contributed by atoms with Gasteiger partial charge in [-0.25, -0.2) is 4.39 Å². The maximum absolute atomic E-state index is 13.3. The van der Waals surface area contributed by atoms with Gasteiger partial charge >= 0.3 is 0 Å². The molecule has 0 bridgehead atoms. The quantitative estimate of drug-likeness (QED) is 0.855. The summed E-state index contributed by atoms with van der Waals surface area (Å²) in [6.07, 6.45) is 8.42. The number of halogens is 2. The van der Waals surface area contributed by atoms with Gasteiger partial charge in [-0.2, -0.15) is 4.39 Å². The Hall–Kier alpha value is -1.94. The molecule has 2 nitrogen and oxygen atoms in total. The maximum atomic E-state index is 13.3. The molecule has 1 aliphatic rings. The summed E-state index contributed by atoms with van der Waals surface area (Å²) in [5.41, 5.74) is 5.65. The van der Waals surface area contributed by atoms with Gasteiger partial charge in [0.1, 0.15) is 5.76 Å². The third-order valence-corrected chi connectivity index (χ3v) is 2.22. The predicted octanol–water partition coefficient (Wildman–Crippen LogP) is 2.68. The zero-order chi connectivity index (χ0) is 12.3. The van der Waals surface area contributed by atoms with E-state index in [4.69, 9.17) is 10.5 Å². The van der Waals surface area contributed by atoms with Crippen LogP contribution in [-0.4, -0.2) is 6.04 Å². The highest BCUT2D eigenvalue weighted by molar-refractivity contribution is 5.32. The van der Waals surface area contributed by atoms with E-state index >= 15 is 0 Å². The first-order valence-corrected chi connectivity index (χ1v) is 5.11. The molecule has 0 fully saturated rings. The summed E-state index contributed by atoms with van der Waals surface area (Å²) >= 11 is 0. The van der Waals surface area contributed by atoms with Crippen molar-refractivity contribution in [2.75, 3.05) is 0 Å². The molecule has 17 heavy (non-hydrogen) atoms. The molecule has 1 aromatic rings. The highest BCUT2D eigenvalue weighted by atomic mass is 19.2. The van der Waals surface area contributed by atoms with Crippen LogP contribution >= 0.6 is 0 Å². The van der Waals surface area contributed by atoms with Crippen molar-refractivity contribution < 1.29 is 13.5 Å². The standard InChI is InChI=1S/C13H11F2NO/c14-11-5-2-6-12(13(11)15)17-10-4-1-3-9(16)7-8-10/h1-9H,16H2. The molecule has 0 amide bonds. The predicted molar refractivity (Wildman–Crippen MR) is 61.3 cm³/mol. The second-order valence-electron chi connectivity index (χ2n) is 3.54. The van der Waals surface area contributed by atoms with Gasteiger partial charge in [-0.3, -0.25) is 0 Å². The number of benzene rings is 1. The van der Waals surface area contributed by atoms with Crippen LogP contribution in [0.15, 0.2) is 54.3 Å². The average molecular weight is 235 g/mol. The van der Waals surface area contributed by atoms with E-state index in [1.807, 2.05) is 0 Å². The molecule has 1 aliphatic carbocycles. The van der Waals surface area contributed by atoms with E-state index < -0.39 is 11.6 Å². The number of allylic oxidation sites excluding steroid dienone is 3. The fourth-order valence-electron chi connectivity index (χ4n) is 1.36. The van der Waals surface area contributed by atoms with Crippen LogP contribution in [0.4, 0.5) is 8.78 Å². The lowest BCUT2D eigenvalue weighted by molar-refractivity contribution is 0.393. The van der Waals surface area contributed by atoms with Gasteiger partial charge in [0.25, 0.3) is 0 Å². The molecule has 0 radical (unpaired) electrons. The highest BCUT2D eigenvalue weighted by Crippen LogP contribution is 2.22. The molecular weight excluding hydrogens is 224 g/mol. The Kier molecular flexibility index (Phi) is 3.35. The van der Waals surface area contributed by atoms with E-state index in [1.165, 1.54) is 12.1 Å². The van der Waals surface area contributed by atoms with E-state index in [1.54, 1.807) is 30.4 Å². The van der Waals surface area contributed by atoms with E-state index in [0.29, 0.717) is 5.76 Å². The summed E-state index contributed by atoms with van der Waals surface area (Å²) < 4.78 is 31.5. The summed E-state index contributed by atoms with van der Waals surface area (Å²) in [5.74, 6) is -1.68. The molecule has 0 spiro atoms. The Labute approximate surface area is 97.7 Å². The average Bonchev–Trinajstić information content (AvgIpc) is 2.50. The topological polar surface area (TPSA) is 35.2 Å². The van der Waals surface area contributed by atoms with Gasteiger partial charge in [0.05, 0.1) is 0 Å². The van der Waals surface area contributed by atoms with Crippen molar-refractivity contribution in [1.82, 2.24) is 0 Å². The zero-order valence-corrected chi connectivity index (χ0v) is 8.94. The van der Waals surface area contributed by atoms with Crippen LogP contribution in [0.1, 0.15) is 0 Å². The third-order valence-electron chi connectivity index (χ3n) is 2.22. The van der Waals surface area contributed by atoms with Crippen LogP contribution in [0, 0.1) is 11.6 Å². The van der Waals surface area contributed by atoms with Crippen molar-refractivity contribution in [3.05, 3.63) is 66.0 Å². The van der Waals surface area contributed by atoms with Gasteiger partial charge in [0, 0.05) is 6.04 Å². The Morgan fingerprint density at radius 3 is 2.82 bits per heavy atom. The molecule has 1 unspecified atom stereocenters. The molecule has 0 heterocycles. The Balaban J connectivity index is 2.22. The molecule has 2 N–H and O–H groups in total. The van der Waals surface area contributed by atoms with Crippen molar-refractivity contribution in [2.24, 2.45) is 5.73 Å².